The van der Waals surface area contributed by atoms with E-state index in [9.17, 15) is 19.2 Å². The maximum absolute atomic E-state index is 12.6. The fourth-order valence-corrected chi connectivity index (χ4v) is 4.24. The van der Waals surface area contributed by atoms with Crippen LogP contribution in [0.15, 0.2) is 51.2 Å². The summed E-state index contributed by atoms with van der Waals surface area (Å²) in [6, 6.07) is 6.56. The van der Waals surface area contributed by atoms with Crippen LogP contribution in [0.5, 0.6) is 23.0 Å². The molecule has 0 unspecified atom stereocenters. The van der Waals surface area contributed by atoms with E-state index in [0.717, 1.165) is 0 Å². The SMILES string of the molecule is CCOC(=O)C1=C(C)NC(=O)N[C@@H]1c1ccc(OCC(=O)N/N=C\c2cc(OC)c(OCC(=O)O)cc2Br)c(OC)c1. The van der Waals surface area contributed by atoms with Crippen molar-refractivity contribution in [3.05, 3.63) is 57.2 Å². The van der Waals surface area contributed by atoms with Gasteiger partial charge in [0, 0.05) is 15.7 Å². The van der Waals surface area contributed by atoms with Gasteiger partial charge in [0.05, 0.1) is 38.7 Å². The summed E-state index contributed by atoms with van der Waals surface area (Å²) in [6.07, 6.45) is 1.35. The summed E-state index contributed by atoms with van der Waals surface area (Å²) in [6.45, 7) is 2.51. The van der Waals surface area contributed by atoms with Crippen molar-refractivity contribution >= 4 is 46.0 Å². The van der Waals surface area contributed by atoms with Gasteiger partial charge in [-0.2, -0.15) is 5.10 Å². The Balaban J connectivity index is 1.67. The van der Waals surface area contributed by atoms with E-state index < -0.39 is 43.1 Å². The minimum atomic E-state index is -1.14. The predicted octanol–water partition coefficient (Wildman–Crippen LogP) is 2.65. The number of rotatable bonds is 13. The largest absolute Gasteiger partial charge is 0.493 e. The number of carboxylic acid groups (broad SMARTS) is 1. The van der Waals surface area contributed by atoms with Gasteiger partial charge in [-0.25, -0.2) is 19.8 Å². The molecule has 2 aromatic carbocycles. The highest BCUT2D eigenvalue weighted by Crippen LogP contribution is 2.35. The van der Waals surface area contributed by atoms with Gasteiger partial charge in [0.1, 0.15) is 0 Å². The number of carbonyl (C=O) groups is 4. The van der Waals surface area contributed by atoms with Crippen LogP contribution in [0.2, 0.25) is 0 Å². The first-order valence-corrected chi connectivity index (χ1v) is 13.2. The summed E-state index contributed by atoms with van der Waals surface area (Å²) in [7, 11) is 2.81. The molecule has 1 aliphatic heterocycles. The molecule has 224 valence electrons. The molecule has 0 spiro atoms. The normalized spacial score (nSPS) is 14.5. The molecule has 0 radical (unpaired) electrons. The number of hydrogen-bond donors (Lipinski definition) is 4. The number of nitrogens with one attached hydrogen (secondary N) is 3. The van der Waals surface area contributed by atoms with E-state index in [-0.39, 0.29) is 35.2 Å². The second-order valence-electron chi connectivity index (χ2n) is 8.49. The highest BCUT2D eigenvalue weighted by Gasteiger charge is 2.32. The van der Waals surface area contributed by atoms with Crippen LogP contribution >= 0.6 is 15.9 Å². The summed E-state index contributed by atoms with van der Waals surface area (Å²) in [5, 5.41) is 18.0. The van der Waals surface area contributed by atoms with Crippen LogP contribution in [0.4, 0.5) is 4.79 Å². The molecule has 15 heteroatoms. The van der Waals surface area contributed by atoms with Crippen molar-refractivity contribution in [2.45, 2.75) is 19.9 Å². The average molecular weight is 649 g/mol. The molecule has 1 atom stereocenters. The molecule has 14 nitrogen and oxygen atoms in total. The third-order valence-corrected chi connectivity index (χ3v) is 6.36. The zero-order chi connectivity index (χ0) is 30.8. The number of hydrogen-bond acceptors (Lipinski definition) is 10. The Kier molecular flexibility index (Phi) is 11.1. The second-order valence-corrected chi connectivity index (χ2v) is 9.34. The number of nitrogens with zero attached hydrogens (tertiary/aromatic N) is 1. The van der Waals surface area contributed by atoms with Crippen molar-refractivity contribution in [1.82, 2.24) is 16.1 Å². The number of ether oxygens (including phenoxy) is 5. The van der Waals surface area contributed by atoms with E-state index in [1.165, 1.54) is 26.5 Å². The molecule has 0 fully saturated rings. The maximum atomic E-state index is 12.6. The van der Waals surface area contributed by atoms with Gasteiger partial charge in [0.2, 0.25) is 0 Å². The molecule has 3 rings (SSSR count). The summed E-state index contributed by atoms with van der Waals surface area (Å²) < 4.78 is 27.1. The lowest BCUT2D eigenvalue weighted by molar-refractivity contribution is -0.140. The molecular weight excluding hydrogens is 620 g/mol. The zero-order valence-corrected chi connectivity index (χ0v) is 24.7. The number of esters is 1. The first-order chi connectivity index (χ1) is 20.1. The van der Waals surface area contributed by atoms with E-state index in [0.29, 0.717) is 21.3 Å². The number of aliphatic carboxylic acids is 1. The maximum Gasteiger partial charge on any atom is 0.341 e. The quantitative estimate of drug-likeness (QED) is 0.143. The molecule has 1 heterocycles. The summed E-state index contributed by atoms with van der Waals surface area (Å²) in [5.74, 6) is -1.29. The van der Waals surface area contributed by atoms with Crippen molar-refractivity contribution in [3.63, 3.8) is 0 Å². The summed E-state index contributed by atoms with van der Waals surface area (Å²) in [4.78, 5) is 47.8. The minimum Gasteiger partial charge on any atom is -0.493 e. The fourth-order valence-electron chi connectivity index (χ4n) is 3.82. The molecule has 0 aromatic heterocycles. The molecular formula is C27H29BrN4O10. The van der Waals surface area contributed by atoms with Crippen LogP contribution < -0.4 is 35.0 Å². The van der Waals surface area contributed by atoms with Gasteiger partial charge in [-0.05, 0) is 59.6 Å². The lowest BCUT2D eigenvalue weighted by atomic mass is 9.95. The Morgan fingerprint density at radius 1 is 1.05 bits per heavy atom. The van der Waals surface area contributed by atoms with Crippen molar-refractivity contribution in [2.24, 2.45) is 5.10 Å². The van der Waals surface area contributed by atoms with Gasteiger partial charge in [0.25, 0.3) is 5.91 Å². The highest BCUT2D eigenvalue weighted by atomic mass is 79.9. The highest BCUT2D eigenvalue weighted by molar-refractivity contribution is 9.10. The Bertz CT molecular complexity index is 1430. The number of allylic oxidation sites excluding steroid dienone is 1. The number of hydrazone groups is 1. The standard InChI is InChI=1S/C27H29BrN4O10/c1-5-40-26(36)24-14(2)30-27(37)31-25(24)15-6-7-18(19(8-15)38-3)41-12-22(33)32-29-11-16-9-20(39-4)21(10-17(16)28)42-13-23(34)35/h6-11,25H,5,12-13H2,1-4H3,(H,32,33)(H,34,35)(H2,30,31,37)/b29-11-/t25-/m1/s1. The van der Waals surface area contributed by atoms with Crippen LogP contribution in [0.3, 0.4) is 0 Å². The molecule has 0 aliphatic carbocycles. The Hall–Kier alpha value is -4.79. The number of halogens is 1. The number of amides is 3. The molecule has 1 aliphatic rings. The number of urea groups is 1. The smallest absolute Gasteiger partial charge is 0.341 e. The van der Waals surface area contributed by atoms with Crippen LogP contribution in [-0.4, -0.2) is 69.2 Å². The van der Waals surface area contributed by atoms with Crippen LogP contribution in [-0.2, 0) is 19.1 Å². The second kappa shape index (κ2) is 14.7. The first-order valence-electron chi connectivity index (χ1n) is 12.4. The molecule has 4 N–H and O–H groups in total. The monoisotopic (exact) mass is 648 g/mol. The van der Waals surface area contributed by atoms with Gasteiger partial charge < -0.3 is 39.4 Å². The van der Waals surface area contributed by atoms with Crippen LogP contribution in [0, 0.1) is 0 Å². The molecule has 0 saturated heterocycles. The van der Waals surface area contributed by atoms with Crippen LogP contribution in [0.1, 0.15) is 31.0 Å². The zero-order valence-electron chi connectivity index (χ0n) is 23.1. The summed E-state index contributed by atoms with van der Waals surface area (Å²) in [5.41, 5.74) is 4.01. The molecule has 0 saturated carbocycles. The van der Waals surface area contributed by atoms with Gasteiger partial charge >= 0.3 is 18.0 Å². The third-order valence-electron chi connectivity index (χ3n) is 5.67. The number of benzene rings is 2. The summed E-state index contributed by atoms with van der Waals surface area (Å²) >= 11 is 3.34. The van der Waals surface area contributed by atoms with Crippen molar-refractivity contribution in [3.8, 4) is 23.0 Å². The minimum absolute atomic E-state index is 0.166. The fraction of sp³-hybridized carbons (Fsp3) is 0.296. The molecule has 2 aromatic rings. The molecule has 3 amide bonds. The van der Waals surface area contributed by atoms with Crippen molar-refractivity contribution < 1.29 is 48.0 Å². The van der Waals surface area contributed by atoms with Gasteiger partial charge in [-0.15, -0.1) is 0 Å². The van der Waals surface area contributed by atoms with E-state index in [1.54, 1.807) is 38.1 Å². The molecule has 0 bridgehead atoms. The Morgan fingerprint density at radius 2 is 1.74 bits per heavy atom. The lowest BCUT2D eigenvalue weighted by Crippen LogP contribution is -2.45. The lowest BCUT2D eigenvalue weighted by Gasteiger charge is -2.28. The number of carbonyl (C=O) groups excluding carboxylic acids is 3. The van der Waals surface area contributed by atoms with Crippen LogP contribution in [0.25, 0.3) is 0 Å². The topological polar surface area (TPSA) is 183 Å². The average Bonchev–Trinajstić information content (AvgIpc) is 2.95. The Labute approximate surface area is 249 Å². The van der Waals surface area contributed by atoms with E-state index in [2.05, 4.69) is 37.1 Å². The predicted molar refractivity (Wildman–Crippen MR) is 152 cm³/mol. The first kappa shape index (κ1) is 31.7. The van der Waals surface area contributed by atoms with Crippen molar-refractivity contribution in [2.75, 3.05) is 34.0 Å². The number of methoxy groups -OCH3 is 2. The Morgan fingerprint density at radius 3 is 2.40 bits per heavy atom. The van der Waals surface area contributed by atoms with Gasteiger partial charge in [-0.3, -0.25) is 4.79 Å². The number of carboxylic acids is 1. The van der Waals surface area contributed by atoms with Crippen molar-refractivity contribution in [1.29, 1.82) is 0 Å². The molecule has 42 heavy (non-hydrogen) atoms. The van der Waals surface area contributed by atoms with Gasteiger partial charge in [-0.1, -0.05) is 6.07 Å². The van der Waals surface area contributed by atoms with Gasteiger partial charge in [0.15, 0.2) is 36.2 Å². The van der Waals surface area contributed by atoms with E-state index in [1.807, 2.05) is 0 Å². The van der Waals surface area contributed by atoms with E-state index in [4.69, 9.17) is 28.8 Å². The van der Waals surface area contributed by atoms with E-state index >= 15 is 0 Å². The third kappa shape index (κ3) is 8.13.